The Morgan fingerprint density at radius 1 is 1.39 bits per heavy atom. The van der Waals surface area contributed by atoms with Gasteiger partial charge in [-0.15, -0.1) is 0 Å². The van der Waals surface area contributed by atoms with Crippen LogP contribution in [0.25, 0.3) is 6.08 Å². The van der Waals surface area contributed by atoms with E-state index in [1.807, 2.05) is 6.92 Å². The van der Waals surface area contributed by atoms with Crippen LogP contribution in [0.3, 0.4) is 0 Å². The van der Waals surface area contributed by atoms with Crippen molar-refractivity contribution in [2.45, 2.75) is 26.2 Å². The Balaban J connectivity index is 1.94. The molecule has 0 unspecified atom stereocenters. The lowest BCUT2D eigenvalue weighted by molar-refractivity contribution is -0.148. The monoisotopic (exact) mass is 311 g/mol. The van der Waals surface area contributed by atoms with Gasteiger partial charge in [-0.2, -0.15) is 0 Å². The Bertz CT molecular complexity index is 647. The van der Waals surface area contributed by atoms with Crippen molar-refractivity contribution in [2.24, 2.45) is 11.8 Å². The zero-order valence-corrected chi connectivity index (χ0v) is 14.0. The van der Waals surface area contributed by atoms with E-state index in [-0.39, 0.29) is 17.8 Å². The third-order valence-corrected chi connectivity index (χ3v) is 4.98. The molecule has 1 fully saturated rings. The molecule has 1 heterocycles. The average Bonchev–Trinajstić information content (AvgIpc) is 2.54. The lowest BCUT2D eigenvalue weighted by atomic mass is 9.71. The minimum absolute atomic E-state index is 0.107. The first-order valence-electron chi connectivity index (χ1n) is 8.46. The third kappa shape index (κ3) is 3.05. The van der Waals surface area contributed by atoms with Gasteiger partial charge >= 0.3 is 5.97 Å². The van der Waals surface area contributed by atoms with Crippen molar-refractivity contribution < 1.29 is 9.53 Å². The van der Waals surface area contributed by atoms with E-state index in [4.69, 9.17) is 4.74 Å². The van der Waals surface area contributed by atoms with Gasteiger partial charge in [-0.05, 0) is 49.3 Å². The molecule has 122 valence electrons. The zero-order valence-electron chi connectivity index (χ0n) is 14.0. The van der Waals surface area contributed by atoms with Crippen molar-refractivity contribution >= 4 is 17.7 Å². The number of likely N-dealkylation sites (N-methyl/N-ethyl adjacent to an activating group) is 1. The highest BCUT2D eigenvalue weighted by atomic mass is 16.5. The second-order valence-electron chi connectivity index (χ2n) is 6.52. The van der Waals surface area contributed by atoms with Gasteiger partial charge in [0.15, 0.2) is 0 Å². The van der Waals surface area contributed by atoms with E-state index in [1.165, 1.54) is 16.8 Å². The number of carbonyl (C=O) groups is 1. The predicted molar refractivity (Wildman–Crippen MR) is 94.3 cm³/mol. The van der Waals surface area contributed by atoms with E-state index in [9.17, 15) is 4.79 Å². The molecule has 0 radical (unpaired) electrons. The van der Waals surface area contributed by atoms with Gasteiger partial charge in [0.05, 0.1) is 12.5 Å². The topological polar surface area (TPSA) is 29.5 Å². The molecule has 3 heteroatoms. The molecular weight excluding hydrogens is 286 g/mol. The zero-order chi connectivity index (χ0) is 16.4. The second kappa shape index (κ2) is 6.61. The van der Waals surface area contributed by atoms with E-state index in [2.05, 4.69) is 48.9 Å². The summed E-state index contributed by atoms with van der Waals surface area (Å²) in [6.45, 7) is 7.32. The molecule has 0 N–H and O–H groups in total. The molecule has 0 spiro atoms. The lowest BCUT2D eigenvalue weighted by Gasteiger charge is -2.37. The molecule has 23 heavy (non-hydrogen) atoms. The highest BCUT2D eigenvalue weighted by Crippen LogP contribution is 2.41. The number of benzene rings is 1. The first-order valence-corrected chi connectivity index (χ1v) is 8.46. The first-order chi connectivity index (χ1) is 11.1. The van der Waals surface area contributed by atoms with Crippen molar-refractivity contribution in [3.8, 4) is 0 Å². The van der Waals surface area contributed by atoms with Crippen LogP contribution in [0.5, 0.6) is 0 Å². The second-order valence-corrected chi connectivity index (χ2v) is 6.52. The average molecular weight is 311 g/mol. The Morgan fingerprint density at radius 3 is 2.96 bits per heavy atom. The molecule has 0 saturated heterocycles. The normalized spacial score (nSPS) is 24.0. The molecule has 1 aliphatic heterocycles. The fourth-order valence-corrected chi connectivity index (χ4v) is 3.90. The molecule has 1 aromatic rings. The Morgan fingerprint density at radius 2 is 2.17 bits per heavy atom. The summed E-state index contributed by atoms with van der Waals surface area (Å²) >= 11 is 0. The number of esters is 1. The largest absolute Gasteiger partial charge is 0.466 e. The van der Waals surface area contributed by atoms with Crippen LogP contribution >= 0.6 is 0 Å². The van der Waals surface area contributed by atoms with Crippen LogP contribution in [-0.2, 0) is 9.53 Å². The maximum absolute atomic E-state index is 12.5. The van der Waals surface area contributed by atoms with E-state index < -0.39 is 0 Å². The van der Waals surface area contributed by atoms with Gasteiger partial charge in [0.25, 0.3) is 0 Å². The number of nitrogens with zero attached hydrogens (tertiary/aromatic N) is 1. The Labute approximate surface area is 138 Å². The highest BCUT2D eigenvalue weighted by Gasteiger charge is 2.37. The quantitative estimate of drug-likeness (QED) is 0.623. The molecular formula is C20H25NO2. The van der Waals surface area contributed by atoms with Crippen molar-refractivity contribution in [1.82, 2.24) is 0 Å². The molecule has 1 saturated carbocycles. The summed E-state index contributed by atoms with van der Waals surface area (Å²) in [6.07, 6.45) is 5.33. The number of hydrogen-bond donors (Lipinski definition) is 0. The van der Waals surface area contributed by atoms with E-state index in [0.29, 0.717) is 6.61 Å². The number of carbonyl (C=O) groups excluding carboxylic acids is 1. The molecule has 1 aromatic carbocycles. The fourth-order valence-electron chi connectivity index (χ4n) is 3.90. The van der Waals surface area contributed by atoms with Gasteiger partial charge in [0.2, 0.25) is 0 Å². The summed E-state index contributed by atoms with van der Waals surface area (Å²) < 4.78 is 5.33. The van der Waals surface area contributed by atoms with Gasteiger partial charge in [0, 0.05) is 19.3 Å². The molecule has 2 atom stereocenters. The molecule has 0 aromatic heterocycles. The fraction of sp³-hybridized carbons (Fsp3) is 0.450. The van der Waals surface area contributed by atoms with Gasteiger partial charge in [-0.3, -0.25) is 4.79 Å². The number of ether oxygens (including phenoxy) is 1. The van der Waals surface area contributed by atoms with Crippen LogP contribution in [-0.4, -0.2) is 26.2 Å². The van der Waals surface area contributed by atoms with Crippen LogP contribution in [0.1, 0.15) is 31.7 Å². The van der Waals surface area contributed by atoms with E-state index in [1.54, 1.807) is 0 Å². The molecule has 3 nitrogen and oxygen atoms in total. The molecule has 1 aliphatic carbocycles. The third-order valence-electron chi connectivity index (χ3n) is 4.98. The van der Waals surface area contributed by atoms with Crippen molar-refractivity contribution in [1.29, 1.82) is 0 Å². The van der Waals surface area contributed by atoms with Crippen LogP contribution in [0.15, 0.2) is 42.0 Å². The van der Waals surface area contributed by atoms with Crippen LogP contribution in [0.2, 0.25) is 0 Å². The van der Waals surface area contributed by atoms with E-state index in [0.717, 1.165) is 31.4 Å². The van der Waals surface area contributed by atoms with Crippen molar-refractivity contribution in [3.63, 3.8) is 0 Å². The summed E-state index contributed by atoms with van der Waals surface area (Å²) in [6, 6.07) is 8.42. The minimum Gasteiger partial charge on any atom is -0.466 e. The number of para-hydroxylation sites is 1. The van der Waals surface area contributed by atoms with Gasteiger partial charge in [0.1, 0.15) is 0 Å². The summed E-state index contributed by atoms with van der Waals surface area (Å²) in [5, 5.41) is 0. The highest BCUT2D eigenvalue weighted by molar-refractivity contribution is 5.79. The van der Waals surface area contributed by atoms with Crippen LogP contribution in [0, 0.1) is 11.8 Å². The number of rotatable bonds is 3. The Hall–Kier alpha value is -2.03. The van der Waals surface area contributed by atoms with Crippen molar-refractivity contribution in [3.05, 3.63) is 47.6 Å². The van der Waals surface area contributed by atoms with Gasteiger partial charge in [-0.25, -0.2) is 0 Å². The molecule has 2 aliphatic rings. The van der Waals surface area contributed by atoms with Crippen LogP contribution in [0.4, 0.5) is 5.69 Å². The summed E-state index contributed by atoms with van der Waals surface area (Å²) in [7, 11) is 2.11. The predicted octanol–water partition coefficient (Wildman–Crippen LogP) is 4.06. The number of hydrogen-bond acceptors (Lipinski definition) is 3. The first kappa shape index (κ1) is 15.9. The molecule has 0 amide bonds. The standard InChI is InChI=1S/C20H25NO2/c1-4-23-20(22)19-14(2)8-7-10-17(19)16-12-15-9-5-6-11-18(15)21(3)13-16/h5-6,9,11-12,17,19H,2,4,7-8,10,13H2,1,3H3/t17-,19+/m0/s1. The lowest BCUT2D eigenvalue weighted by Crippen LogP contribution is -2.36. The maximum Gasteiger partial charge on any atom is 0.313 e. The molecule has 0 bridgehead atoms. The van der Waals surface area contributed by atoms with Crippen molar-refractivity contribution in [2.75, 3.05) is 25.1 Å². The SMILES string of the molecule is C=C1CCC[C@@H](C2=Cc3ccccc3N(C)C2)[C@@H]1C(=O)OCC. The summed E-state index contributed by atoms with van der Waals surface area (Å²) in [5.41, 5.74) is 4.83. The Kier molecular flexibility index (Phi) is 4.56. The van der Waals surface area contributed by atoms with Gasteiger partial charge < -0.3 is 9.64 Å². The number of anilines is 1. The van der Waals surface area contributed by atoms with Crippen LogP contribution < -0.4 is 4.90 Å². The summed E-state index contributed by atoms with van der Waals surface area (Å²) in [5.74, 6) is -0.0793. The number of fused-ring (bicyclic) bond motifs is 1. The summed E-state index contributed by atoms with van der Waals surface area (Å²) in [4.78, 5) is 14.7. The van der Waals surface area contributed by atoms with Gasteiger partial charge in [-0.1, -0.05) is 36.4 Å². The molecule has 3 rings (SSSR count). The smallest absolute Gasteiger partial charge is 0.313 e. The minimum atomic E-state index is -0.186. The maximum atomic E-state index is 12.5. The van der Waals surface area contributed by atoms with E-state index >= 15 is 0 Å².